The molecule has 0 radical (unpaired) electrons. The minimum Gasteiger partial charge on any atom is -0.467 e. The number of likely N-dealkylation sites (N-methyl/N-ethyl adjacent to an activating group) is 1. The van der Waals surface area contributed by atoms with Gasteiger partial charge >= 0.3 is 0 Å². The molecule has 1 saturated heterocycles. The Kier molecular flexibility index (Phi) is 5.20. The molecule has 2 aromatic heterocycles. The molecule has 0 atom stereocenters. The lowest BCUT2D eigenvalue weighted by Crippen LogP contribution is -2.52. The van der Waals surface area contributed by atoms with Crippen LogP contribution >= 0.6 is 12.2 Å². The van der Waals surface area contributed by atoms with E-state index in [-0.39, 0.29) is 23.1 Å². The third kappa shape index (κ3) is 3.74. The molecule has 0 unspecified atom stereocenters. The lowest BCUT2D eigenvalue weighted by Gasteiger charge is -2.24. The van der Waals surface area contributed by atoms with Gasteiger partial charge in [-0.3, -0.25) is 24.6 Å². The van der Waals surface area contributed by atoms with Crippen molar-refractivity contribution in [3.05, 3.63) is 65.8 Å². The number of nitrogens with one attached hydrogen (secondary N) is 2. The standard InChI is InChI=1S/C21H18N4O4S/c1-24-20(28)16(19(27)23-21(24)30)9-13-11-25(17-7-3-2-6-15(13)17)12-18(26)22-10-14-5-4-8-29-14/h2-9,11H,10,12H2,1H3,(H,22,26)(H,23,27,30)/b16-9+. The van der Waals surface area contributed by atoms with Crippen molar-refractivity contribution in [1.82, 2.24) is 20.1 Å². The highest BCUT2D eigenvalue weighted by Crippen LogP contribution is 2.24. The average molecular weight is 422 g/mol. The molecular formula is C21H18N4O4S. The number of hydrogen-bond acceptors (Lipinski definition) is 5. The molecule has 3 heterocycles. The summed E-state index contributed by atoms with van der Waals surface area (Å²) in [5, 5.41) is 6.19. The fraction of sp³-hybridized carbons (Fsp3) is 0.143. The summed E-state index contributed by atoms with van der Waals surface area (Å²) in [7, 11) is 1.50. The summed E-state index contributed by atoms with van der Waals surface area (Å²) in [4.78, 5) is 38.4. The summed E-state index contributed by atoms with van der Waals surface area (Å²) in [5.41, 5.74) is 1.45. The van der Waals surface area contributed by atoms with Crippen LogP contribution in [-0.4, -0.2) is 39.3 Å². The predicted octanol–water partition coefficient (Wildman–Crippen LogP) is 1.81. The van der Waals surface area contributed by atoms with Crippen LogP contribution < -0.4 is 10.6 Å². The van der Waals surface area contributed by atoms with Crippen molar-refractivity contribution in [2.24, 2.45) is 0 Å². The molecule has 9 heteroatoms. The molecule has 2 N–H and O–H groups in total. The van der Waals surface area contributed by atoms with Crippen molar-refractivity contribution >= 4 is 52.0 Å². The third-order valence-corrected chi connectivity index (χ3v) is 5.15. The van der Waals surface area contributed by atoms with Crippen molar-refractivity contribution in [1.29, 1.82) is 0 Å². The second-order valence-electron chi connectivity index (χ2n) is 6.77. The fourth-order valence-corrected chi connectivity index (χ4v) is 3.41. The van der Waals surface area contributed by atoms with Crippen LogP contribution in [0.1, 0.15) is 11.3 Å². The number of thiocarbonyl (C=S) groups is 1. The Hall–Kier alpha value is -3.72. The van der Waals surface area contributed by atoms with Gasteiger partial charge in [0.15, 0.2) is 5.11 Å². The number of carbonyl (C=O) groups excluding carboxylic acids is 3. The van der Waals surface area contributed by atoms with Crippen molar-refractivity contribution in [2.45, 2.75) is 13.1 Å². The molecule has 4 rings (SSSR count). The van der Waals surface area contributed by atoms with E-state index >= 15 is 0 Å². The number of carbonyl (C=O) groups is 3. The molecule has 152 valence electrons. The first-order chi connectivity index (χ1) is 14.4. The molecule has 0 saturated carbocycles. The molecule has 3 amide bonds. The van der Waals surface area contributed by atoms with Gasteiger partial charge in [0, 0.05) is 29.7 Å². The quantitative estimate of drug-likeness (QED) is 0.371. The normalized spacial score (nSPS) is 15.7. The lowest BCUT2D eigenvalue weighted by molar-refractivity contribution is -0.128. The maximum Gasteiger partial charge on any atom is 0.265 e. The number of para-hydroxylation sites is 1. The van der Waals surface area contributed by atoms with Gasteiger partial charge in [-0.1, -0.05) is 18.2 Å². The van der Waals surface area contributed by atoms with Crippen molar-refractivity contribution in [3.63, 3.8) is 0 Å². The van der Waals surface area contributed by atoms with E-state index in [9.17, 15) is 14.4 Å². The highest BCUT2D eigenvalue weighted by molar-refractivity contribution is 7.80. The number of fused-ring (bicyclic) bond motifs is 1. The summed E-state index contributed by atoms with van der Waals surface area (Å²) in [6.07, 6.45) is 4.82. The highest BCUT2D eigenvalue weighted by atomic mass is 32.1. The summed E-state index contributed by atoms with van der Waals surface area (Å²) in [6, 6.07) is 11.0. The van der Waals surface area contributed by atoms with E-state index in [1.165, 1.54) is 18.0 Å². The maximum atomic E-state index is 12.5. The first-order valence-electron chi connectivity index (χ1n) is 9.16. The molecular weight excluding hydrogens is 404 g/mol. The molecule has 1 aliphatic rings. The minimum absolute atomic E-state index is 0.0173. The van der Waals surface area contributed by atoms with E-state index in [1.54, 1.807) is 29.2 Å². The van der Waals surface area contributed by atoms with Gasteiger partial charge in [0.2, 0.25) is 5.91 Å². The zero-order valence-corrected chi connectivity index (χ0v) is 16.9. The number of furan rings is 1. The Morgan fingerprint density at radius 3 is 2.80 bits per heavy atom. The van der Waals surface area contributed by atoms with Crippen LogP contribution in [0.5, 0.6) is 0 Å². The molecule has 30 heavy (non-hydrogen) atoms. The lowest BCUT2D eigenvalue weighted by atomic mass is 10.1. The van der Waals surface area contributed by atoms with E-state index in [2.05, 4.69) is 10.6 Å². The molecule has 0 spiro atoms. The first kappa shape index (κ1) is 19.6. The number of benzene rings is 1. The van der Waals surface area contributed by atoms with Crippen LogP contribution in [0.3, 0.4) is 0 Å². The second kappa shape index (κ2) is 7.96. The van der Waals surface area contributed by atoms with Gasteiger partial charge in [0.05, 0.1) is 12.8 Å². The molecule has 0 aliphatic carbocycles. The summed E-state index contributed by atoms with van der Waals surface area (Å²) in [6.45, 7) is 0.372. The number of rotatable bonds is 5. The van der Waals surface area contributed by atoms with E-state index in [0.29, 0.717) is 17.9 Å². The van der Waals surface area contributed by atoms with Gasteiger partial charge in [-0.2, -0.15) is 0 Å². The average Bonchev–Trinajstić information content (AvgIpc) is 3.37. The van der Waals surface area contributed by atoms with Crippen LogP contribution in [0.4, 0.5) is 0 Å². The molecule has 3 aromatic rings. The van der Waals surface area contributed by atoms with Gasteiger partial charge in [-0.25, -0.2) is 0 Å². The number of aromatic nitrogens is 1. The zero-order chi connectivity index (χ0) is 21.3. The van der Waals surface area contributed by atoms with Gasteiger partial charge in [-0.15, -0.1) is 0 Å². The topological polar surface area (TPSA) is 96.6 Å². The van der Waals surface area contributed by atoms with Gasteiger partial charge < -0.3 is 14.3 Å². The van der Waals surface area contributed by atoms with Crippen LogP contribution in [-0.2, 0) is 27.5 Å². The van der Waals surface area contributed by atoms with E-state index in [4.69, 9.17) is 16.6 Å². The van der Waals surface area contributed by atoms with Gasteiger partial charge in [-0.05, 0) is 36.5 Å². The molecule has 1 aromatic carbocycles. The summed E-state index contributed by atoms with van der Waals surface area (Å²) < 4.78 is 6.99. The predicted molar refractivity (Wildman–Crippen MR) is 114 cm³/mol. The van der Waals surface area contributed by atoms with E-state index in [0.717, 1.165) is 10.9 Å². The number of nitrogens with zero attached hydrogens (tertiary/aromatic N) is 2. The SMILES string of the molecule is CN1C(=O)/C(=C/c2cn(CC(=O)NCc3ccco3)c3ccccc23)C(=O)NC1=S. The summed E-state index contributed by atoms with van der Waals surface area (Å²) >= 11 is 4.97. The largest absolute Gasteiger partial charge is 0.467 e. The van der Waals surface area contributed by atoms with Crippen molar-refractivity contribution in [3.8, 4) is 0 Å². The van der Waals surface area contributed by atoms with Crippen LogP contribution in [0.2, 0.25) is 0 Å². The Morgan fingerprint density at radius 2 is 2.03 bits per heavy atom. The van der Waals surface area contributed by atoms with Crippen LogP contribution in [0.25, 0.3) is 17.0 Å². The Labute approximate surface area is 177 Å². The van der Waals surface area contributed by atoms with Crippen molar-refractivity contribution < 1.29 is 18.8 Å². The number of amides is 3. The third-order valence-electron chi connectivity index (χ3n) is 4.78. The first-order valence-corrected chi connectivity index (χ1v) is 9.57. The van der Waals surface area contributed by atoms with Gasteiger partial charge in [0.25, 0.3) is 11.8 Å². The molecule has 0 bridgehead atoms. The minimum atomic E-state index is -0.545. The Bertz CT molecular complexity index is 1190. The van der Waals surface area contributed by atoms with Gasteiger partial charge in [0.1, 0.15) is 17.9 Å². The summed E-state index contributed by atoms with van der Waals surface area (Å²) in [5.74, 6) is -0.550. The Balaban J connectivity index is 1.62. The number of hydrogen-bond donors (Lipinski definition) is 2. The molecule has 1 fully saturated rings. The van der Waals surface area contributed by atoms with Crippen LogP contribution in [0, 0.1) is 0 Å². The smallest absolute Gasteiger partial charge is 0.265 e. The van der Waals surface area contributed by atoms with E-state index < -0.39 is 11.8 Å². The monoisotopic (exact) mass is 422 g/mol. The maximum absolute atomic E-state index is 12.5. The second-order valence-corrected chi connectivity index (χ2v) is 7.15. The highest BCUT2D eigenvalue weighted by Gasteiger charge is 2.31. The van der Waals surface area contributed by atoms with Crippen molar-refractivity contribution in [2.75, 3.05) is 7.05 Å². The van der Waals surface area contributed by atoms with E-state index in [1.807, 2.05) is 24.3 Å². The Morgan fingerprint density at radius 1 is 1.23 bits per heavy atom. The molecule has 8 nitrogen and oxygen atoms in total. The molecule has 1 aliphatic heterocycles. The zero-order valence-electron chi connectivity index (χ0n) is 16.0. The van der Waals surface area contributed by atoms with Crippen LogP contribution in [0.15, 0.2) is 58.8 Å². The fourth-order valence-electron chi connectivity index (χ4n) is 3.23.